The maximum Gasteiger partial charge on any atom is 0.358 e. The van der Waals surface area contributed by atoms with Crippen LogP contribution in [-0.2, 0) is 25.6 Å². The van der Waals surface area contributed by atoms with Crippen LogP contribution in [0, 0.1) is 12.7 Å². The number of nitrogens with zero attached hydrogens (tertiary/aromatic N) is 3. The molecule has 1 aromatic heterocycles. The molecule has 1 aliphatic rings. The molecule has 0 saturated heterocycles. The van der Waals surface area contributed by atoms with Crippen LogP contribution >= 0.6 is 0 Å². The zero-order valence-electron chi connectivity index (χ0n) is 17.8. The topological polar surface area (TPSA) is 108 Å². The van der Waals surface area contributed by atoms with Gasteiger partial charge in [0, 0.05) is 7.05 Å². The van der Waals surface area contributed by atoms with Crippen LogP contribution < -0.4 is 0 Å². The van der Waals surface area contributed by atoms with Gasteiger partial charge >= 0.3 is 5.97 Å². The number of amides is 1. The quantitative estimate of drug-likeness (QED) is 0.307. The highest BCUT2D eigenvalue weighted by molar-refractivity contribution is 7.86. The van der Waals surface area contributed by atoms with Gasteiger partial charge in [0.1, 0.15) is 25.4 Å². The number of carbonyl (C=O) groups excluding carboxylic acids is 2. The smallest absolute Gasteiger partial charge is 0.358 e. The van der Waals surface area contributed by atoms with Crippen molar-refractivity contribution < 1.29 is 31.3 Å². The monoisotopic (exact) mass is 473 g/mol. The minimum Gasteiger partial charge on any atom is -0.458 e. The van der Waals surface area contributed by atoms with E-state index in [-0.39, 0.29) is 35.9 Å². The Bertz CT molecular complexity index is 1330. The van der Waals surface area contributed by atoms with Crippen LogP contribution in [0.4, 0.5) is 4.39 Å². The Balaban J connectivity index is 1.46. The number of benzene rings is 2. The van der Waals surface area contributed by atoms with Crippen molar-refractivity contribution in [2.45, 2.75) is 18.4 Å². The molecule has 33 heavy (non-hydrogen) atoms. The van der Waals surface area contributed by atoms with Crippen molar-refractivity contribution in [3.63, 3.8) is 0 Å². The Morgan fingerprint density at radius 2 is 1.88 bits per heavy atom. The fourth-order valence-corrected chi connectivity index (χ4v) is 4.31. The van der Waals surface area contributed by atoms with E-state index in [2.05, 4.69) is 4.98 Å². The summed E-state index contributed by atoms with van der Waals surface area (Å²) >= 11 is 0. The fraction of sp³-hybridized carbons (Fsp3) is 0.227. The van der Waals surface area contributed by atoms with E-state index < -0.39 is 27.8 Å². The largest absolute Gasteiger partial charge is 0.458 e. The van der Waals surface area contributed by atoms with Gasteiger partial charge in [0.15, 0.2) is 5.69 Å². The summed E-state index contributed by atoms with van der Waals surface area (Å²) in [7, 11) is -2.46. The molecule has 0 atom stereocenters. The Morgan fingerprint density at radius 1 is 1.15 bits per heavy atom. The third-order valence-electron chi connectivity index (χ3n) is 5.11. The number of hydrogen-bond donors (Lipinski definition) is 0. The van der Waals surface area contributed by atoms with E-state index in [1.54, 1.807) is 12.1 Å². The molecule has 9 nitrogen and oxygen atoms in total. The molecule has 0 N–H and O–H groups in total. The van der Waals surface area contributed by atoms with Gasteiger partial charge in [-0.25, -0.2) is 14.2 Å². The second-order valence-electron chi connectivity index (χ2n) is 7.46. The first-order valence-electron chi connectivity index (χ1n) is 9.92. The van der Waals surface area contributed by atoms with Crippen molar-refractivity contribution in [1.82, 2.24) is 14.5 Å². The normalized spacial score (nSPS) is 13.3. The van der Waals surface area contributed by atoms with Crippen molar-refractivity contribution in [3.05, 3.63) is 77.1 Å². The number of rotatable bonds is 6. The highest BCUT2D eigenvalue weighted by atomic mass is 32.2. The summed E-state index contributed by atoms with van der Waals surface area (Å²) in [5.74, 6) is -1.76. The number of ether oxygens (including phenoxy) is 1. The summed E-state index contributed by atoms with van der Waals surface area (Å²) < 4.78 is 49.7. The summed E-state index contributed by atoms with van der Waals surface area (Å²) in [5.41, 5.74) is 1.79. The third-order valence-corrected chi connectivity index (χ3v) is 6.43. The molecule has 4 rings (SSSR count). The summed E-state index contributed by atoms with van der Waals surface area (Å²) in [6.07, 6.45) is 1.35. The second-order valence-corrected chi connectivity index (χ2v) is 9.07. The molecule has 2 aromatic carbocycles. The lowest BCUT2D eigenvalue weighted by molar-refractivity contribution is 0.0443. The standard InChI is InChI=1S/C22H20FN3O6S/c1-14-3-6-16(7-4-14)33(29,30)32-10-9-31-22(28)20-19-12-25(2)21(27)17-11-15(23)5-8-18(17)26(19)13-24-20/h3-8,11,13H,9-10,12H2,1-2H3. The van der Waals surface area contributed by atoms with Crippen LogP contribution in [0.15, 0.2) is 53.7 Å². The van der Waals surface area contributed by atoms with Gasteiger partial charge in [-0.15, -0.1) is 0 Å². The molecular weight excluding hydrogens is 453 g/mol. The lowest BCUT2D eigenvalue weighted by atomic mass is 10.1. The number of aromatic nitrogens is 2. The highest BCUT2D eigenvalue weighted by Gasteiger charge is 2.29. The molecule has 0 unspecified atom stereocenters. The number of imidazole rings is 1. The molecule has 0 spiro atoms. The number of fused-ring (bicyclic) bond motifs is 3. The predicted octanol–water partition coefficient (Wildman–Crippen LogP) is 2.47. The highest BCUT2D eigenvalue weighted by Crippen LogP contribution is 2.26. The fourth-order valence-electron chi connectivity index (χ4n) is 3.41. The number of hydrogen-bond acceptors (Lipinski definition) is 7. The molecule has 1 amide bonds. The van der Waals surface area contributed by atoms with Gasteiger partial charge in [0.05, 0.1) is 28.4 Å². The average molecular weight is 473 g/mol. The van der Waals surface area contributed by atoms with E-state index in [0.717, 1.165) is 11.6 Å². The lowest BCUT2D eigenvalue weighted by Crippen LogP contribution is -2.26. The van der Waals surface area contributed by atoms with Crippen LogP contribution in [0.25, 0.3) is 5.69 Å². The number of esters is 1. The summed E-state index contributed by atoms with van der Waals surface area (Å²) in [4.78, 5) is 30.7. The van der Waals surface area contributed by atoms with E-state index >= 15 is 0 Å². The summed E-state index contributed by atoms with van der Waals surface area (Å²) in [5, 5.41) is 0. The van der Waals surface area contributed by atoms with Gasteiger partial charge < -0.3 is 9.64 Å². The Labute approximate surface area is 189 Å². The molecule has 3 aromatic rings. The average Bonchev–Trinajstić information content (AvgIpc) is 3.15. The molecule has 0 radical (unpaired) electrons. The minimum atomic E-state index is -3.98. The van der Waals surface area contributed by atoms with E-state index in [9.17, 15) is 22.4 Å². The summed E-state index contributed by atoms with van der Waals surface area (Å²) in [6, 6.07) is 9.94. The Hall–Kier alpha value is -3.57. The molecule has 0 bridgehead atoms. The third kappa shape index (κ3) is 4.50. The zero-order chi connectivity index (χ0) is 23.8. The van der Waals surface area contributed by atoms with Gasteiger partial charge in [-0.2, -0.15) is 8.42 Å². The number of aryl methyl sites for hydroxylation is 1. The van der Waals surface area contributed by atoms with E-state index in [4.69, 9.17) is 8.92 Å². The number of carbonyl (C=O) groups is 2. The maximum atomic E-state index is 13.7. The van der Waals surface area contributed by atoms with Gasteiger partial charge in [0.25, 0.3) is 16.0 Å². The summed E-state index contributed by atoms with van der Waals surface area (Å²) in [6.45, 7) is 1.17. The Morgan fingerprint density at radius 3 is 2.61 bits per heavy atom. The SMILES string of the molecule is Cc1ccc(S(=O)(=O)OCCOC(=O)c2ncn3c2CN(C)C(=O)c2cc(F)ccc2-3)cc1. The van der Waals surface area contributed by atoms with Crippen LogP contribution in [0.2, 0.25) is 0 Å². The molecule has 11 heteroatoms. The zero-order valence-corrected chi connectivity index (χ0v) is 18.6. The lowest BCUT2D eigenvalue weighted by Gasteiger charge is -2.14. The van der Waals surface area contributed by atoms with Crippen molar-refractivity contribution >= 4 is 22.0 Å². The minimum absolute atomic E-state index is 0.00153. The maximum absolute atomic E-state index is 13.7. The molecule has 1 aliphatic heterocycles. The first-order valence-corrected chi connectivity index (χ1v) is 11.3. The van der Waals surface area contributed by atoms with Gasteiger partial charge in [0.2, 0.25) is 0 Å². The molecule has 0 saturated carbocycles. The van der Waals surface area contributed by atoms with E-state index in [1.807, 2.05) is 6.92 Å². The first kappa shape index (κ1) is 22.6. The molecular formula is C22H20FN3O6S. The van der Waals surface area contributed by atoms with Crippen LogP contribution in [0.5, 0.6) is 0 Å². The van der Waals surface area contributed by atoms with Gasteiger partial charge in [-0.05, 0) is 37.3 Å². The van der Waals surface area contributed by atoms with Crippen molar-refractivity contribution in [2.75, 3.05) is 20.3 Å². The molecule has 172 valence electrons. The second kappa shape index (κ2) is 8.75. The van der Waals surface area contributed by atoms with Crippen molar-refractivity contribution in [3.8, 4) is 5.69 Å². The van der Waals surface area contributed by atoms with Crippen molar-refractivity contribution in [1.29, 1.82) is 0 Å². The van der Waals surface area contributed by atoms with Crippen LogP contribution in [0.1, 0.15) is 32.1 Å². The van der Waals surface area contributed by atoms with Crippen LogP contribution in [0.3, 0.4) is 0 Å². The first-order chi connectivity index (χ1) is 15.7. The predicted molar refractivity (Wildman–Crippen MR) is 114 cm³/mol. The molecule has 0 fully saturated rings. The number of halogens is 1. The molecule has 2 heterocycles. The van der Waals surface area contributed by atoms with E-state index in [0.29, 0.717) is 11.4 Å². The Kier molecular flexibility index (Phi) is 6.00. The van der Waals surface area contributed by atoms with Crippen LogP contribution in [-0.4, -0.2) is 55.0 Å². The van der Waals surface area contributed by atoms with Gasteiger partial charge in [-0.1, -0.05) is 17.7 Å². The van der Waals surface area contributed by atoms with E-state index in [1.165, 1.54) is 47.1 Å². The van der Waals surface area contributed by atoms with Crippen molar-refractivity contribution in [2.24, 2.45) is 0 Å². The van der Waals surface area contributed by atoms with Gasteiger partial charge in [-0.3, -0.25) is 13.5 Å². The molecule has 0 aliphatic carbocycles.